The lowest BCUT2D eigenvalue weighted by atomic mass is 9.99. The Kier molecular flexibility index (Phi) is 8.45. The molecule has 0 bridgehead atoms. The lowest BCUT2D eigenvalue weighted by molar-refractivity contribution is 0.620. The van der Waals surface area contributed by atoms with Gasteiger partial charge in [-0.15, -0.1) is 0 Å². The third-order valence-electron chi connectivity index (χ3n) is 11.1. The van der Waals surface area contributed by atoms with Gasteiger partial charge in [0.1, 0.15) is 16.7 Å². The Morgan fingerprint density at radius 3 is 1.34 bits per heavy atom. The summed E-state index contributed by atoms with van der Waals surface area (Å²) < 4.78 is 12.8. The summed E-state index contributed by atoms with van der Waals surface area (Å²) in [6, 6.07) is 76.6. The number of oxazole rings is 1. The molecule has 11 aromatic rings. The number of fused-ring (bicyclic) bond motifs is 4. The first kappa shape index (κ1) is 34.3. The van der Waals surface area contributed by atoms with Gasteiger partial charge >= 0.3 is 0 Å². The minimum Gasteiger partial charge on any atom is -0.456 e. The Bertz CT molecular complexity index is 3220. The van der Waals surface area contributed by atoms with Crippen LogP contribution in [0.5, 0.6) is 0 Å². The molecule has 0 aliphatic heterocycles. The van der Waals surface area contributed by atoms with Crippen molar-refractivity contribution >= 4 is 50.1 Å². The van der Waals surface area contributed by atoms with Crippen molar-refractivity contribution < 1.29 is 8.83 Å². The summed E-state index contributed by atoms with van der Waals surface area (Å²) in [5.41, 5.74) is 16.5. The average Bonchev–Trinajstić information content (AvgIpc) is 3.90. The van der Waals surface area contributed by atoms with Crippen LogP contribution in [0.2, 0.25) is 0 Å². The maximum absolute atomic E-state index is 6.59. The SMILES string of the molecule is c1ccc(-c2ccc(-c3ccc(N(c4cccc(-c5ccc(-c6ccccc6)cc5)c4)c4ccc5c(c4)oc4cc6nc(-c7ccccc7)oc6cc45)cc3)cc2)cc1. The first-order chi connectivity index (χ1) is 29.2. The van der Waals surface area contributed by atoms with Gasteiger partial charge in [-0.05, 0) is 99.1 Å². The molecule has 2 heterocycles. The van der Waals surface area contributed by atoms with Crippen molar-refractivity contribution in [1.82, 2.24) is 4.98 Å². The predicted octanol–water partition coefficient (Wildman–Crippen LogP) is 15.5. The van der Waals surface area contributed by atoms with Gasteiger partial charge in [-0.2, -0.15) is 0 Å². The van der Waals surface area contributed by atoms with Crippen molar-refractivity contribution in [3.05, 3.63) is 218 Å². The molecule has 0 amide bonds. The van der Waals surface area contributed by atoms with Gasteiger partial charge in [0.05, 0.1) is 0 Å². The van der Waals surface area contributed by atoms with E-state index in [1.54, 1.807) is 0 Å². The van der Waals surface area contributed by atoms with Gasteiger partial charge in [-0.1, -0.05) is 152 Å². The highest BCUT2D eigenvalue weighted by atomic mass is 16.4. The van der Waals surface area contributed by atoms with E-state index >= 15 is 0 Å². The number of hydrogen-bond donors (Lipinski definition) is 0. The number of furan rings is 1. The van der Waals surface area contributed by atoms with E-state index in [2.05, 4.69) is 175 Å². The number of benzene rings is 9. The quantitative estimate of drug-likeness (QED) is 0.155. The summed E-state index contributed by atoms with van der Waals surface area (Å²) in [4.78, 5) is 7.10. The van der Waals surface area contributed by atoms with E-state index in [9.17, 15) is 0 Å². The third kappa shape index (κ3) is 6.53. The molecule has 0 saturated heterocycles. The zero-order valence-corrected chi connectivity index (χ0v) is 32.0. The molecule has 59 heavy (non-hydrogen) atoms. The highest BCUT2D eigenvalue weighted by molar-refractivity contribution is 6.09. The van der Waals surface area contributed by atoms with Crippen LogP contribution in [0, 0.1) is 0 Å². The number of aromatic nitrogens is 1. The zero-order chi connectivity index (χ0) is 39.1. The van der Waals surface area contributed by atoms with Crippen molar-refractivity contribution in [2.24, 2.45) is 0 Å². The first-order valence-corrected chi connectivity index (χ1v) is 19.8. The van der Waals surface area contributed by atoms with Gasteiger partial charge in [0, 0.05) is 45.5 Å². The monoisotopic (exact) mass is 756 g/mol. The van der Waals surface area contributed by atoms with Crippen molar-refractivity contribution in [3.8, 4) is 56.0 Å². The van der Waals surface area contributed by atoms with E-state index < -0.39 is 0 Å². The van der Waals surface area contributed by atoms with Crippen LogP contribution in [0.4, 0.5) is 17.1 Å². The van der Waals surface area contributed by atoms with E-state index in [0.717, 1.165) is 72.4 Å². The van der Waals surface area contributed by atoms with Crippen LogP contribution in [0.15, 0.2) is 227 Å². The van der Waals surface area contributed by atoms with Gasteiger partial charge in [-0.3, -0.25) is 0 Å². The van der Waals surface area contributed by atoms with E-state index in [-0.39, 0.29) is 0 Å². The maximum atomic E-state index is 6.59. The van der Waals surface area contributed by atoms with Crippen LogP contribution in [0.1, 0.15) is 0 Å². The number of rotatable bonds is 8. The second-order valence-corrected chi connectivity index (χ2v) is 14.8. The highest BCUT2D eigenvalue weighted by Crippen LogP contribution is 2.41. The van der Waals surface area contributed by atoms with Crippen LogP contribution in [0.25, 0.3) is 89.0 Å². The summed E-state index contributed by atoms with van der Waals surface area (Å²) in [6.07, 6.45) is 0. The van der Waals surface area contributed by atoms with Gasteiger partial charge < -0.3 is 13.7 Å². The molecular weight excluding hydrogens is 721 g/mol. The summed E-state index contributed by atoms with van der Waals surface area (Å²) in [7, 11) is 0. The van der Waals surface area contributed by atoms with E-state index in [1.165, 1.54) is 27.8 Å². The van der Waals surface area contributed by atoms with Crippen LogP contribution >= 0.6 is 0 Å². The Hall–Kier alpha value is -7.95. The molecule has 11 rings (SSSR count). The number of hydrogen-bond acceptors (Lipinski definition) is 4. The fraction of sp³-hybridized carbons (Fsp3) is 0. The Morgan fingerprint density at radius 1 is 0.288 bits per heavy atom. The molecular formula is C55H36N2O2. The smallest absolute Gasteiger partial charge is 0.227 e. The second kappa shape index (κ2) is 14.5. The van der Waals surface area contributed by atoms with Crippen molar-refractivity contribution in [2.75, 3.05) is 4.90 Å². The summed E-state index contributed by atoms with van der Waals surface area (Å²) in [5.74, 6) is 0.597. The molecule has 0 radical (unpaired) electrons. The Morgan fingerprint density at radius 2 is 0.746 bits per heavy atom. The van der Waals surface area contributed by atoms with Gasteiger partial charge in [-0.25, -0.2) is 4.98 Å². The normalized spacial score (nSPS) is 11.4. The minimum atomic E-state index is 0.597. The topological polar surface area (TPSA) is 42.4 Å². The lowest BCUT2D eigenvalue weighted by Gasteiger charge is -2.26. The average molecular weight is 757 g/mol. The van der Waals surface area contributed by atoms with E-state index in [4.69, 9.17) is 13.8 Å². The Balaban J connectivity index is 0.978. The van der Waals surface area contributed by atoms with Gasteiger partial charge in [0.15, 0.2) is 5.58 Å². The predicted molar refractivity (Wildman–Crippen MR) is 243 cm³/mol. The minimum absolute atomic E-state index is 0.597. The van der Waals surface area contributed by atoms with Crippen LogP contribution in [-0.4, -0.2) is 4.98 Å². The van der Waals surface area contributed by atoms with Crippen molar-refractivity contribution in [2.45, 2.75) is 0 Å². The molecule has 0 aliphatic rings. The number of nitrogens with zero attached hydrogens (tertiary/aromatic N) is 2. The van der Waals surface area contributed by atoms with E-state index in [0.29, 0.717) is 5.89 Å². The van der Waals surface area contributed by atoms with E-state index in [1.807, 2.05) is 48.5 Å². The molecule has 0 N–H and O–H groups in total. The first-order valence-electron chi connectivity index (χ1n) is 19.8. The standard InChI is InChI=1S/C55H36N2O2/c1-4-11-37(12-5-1)39-19-21-41(22-20-39)42-27-29-46(30-28-42)57(47-18-10-17-45(33-47)43-25-23-40(24-26-43)38-13-6-2-7-14-38)48-31-32-49-50-35-54-51(36-53(50)58-52(49)34-48)56-55(59-54)44-15-8-3-9-16-44/h1-36H. The zero-order valence-electron chi connectivity index (χ0n) is 32.0. The molecule has 4 heteroatoms. The van der Waals surface area contributed by atoms with Gasteiger partial charge in [0.25, 0.3) is 0 Å². The van der Waals surface area contributed by atoms with Gasteiger partial charge in [0.2, 0.25) is 5.89 Å². The molecule has 2 aromatic heterocycles. The summed E-state index contributed by atoms with van der Waals surface area (Å²) in [5, 5.41) is 2.01. The summed E-state index contributed by atoms with van der Waals surface area (Å²) in [6.45, 7) is 0. The van der Waals surface area contributed by atoms with Crippen LogP contribution < -0.4 is 4.90 Å². The third-order valence-corrected chi connectivity index (χ3v) is 11.1. The molecule has 0 aliphatic carbocycles. The fourth-order valence-electron chi connectivity index (χ4n) is 8.08. The molecule has 278 valence electrons. The molecule has 9 aromatic carbocycles. The lowest BCUT2D eigenvalue weighted by Crippen LogP contribution is -2.10. The maximum Gasteiger partial charge on any atom is 0.227 e. The Labute approximate surface area is 341 Å². The fourth-order valence-corrected chi connectivity index (χ4v) is 8.08. The molecule has 4 nitrogen and oxygen atoms in total. The molecule has 0 saturated carbocycles. The highest BCUT2D eigenvalue weighted by Gasteiger charge is 2.18. The second-order valence-electron chi connectivity index (χ2n) is 14.8. The molecule has 0 spiro atoms. The van der Waals surface area contributed by atoms with Crippen LogP contribution in [0.3, 0.4) is 0 Å². The molecule has 0 unspecified atom stereocenters. The molecule has 0 atom stereocenters. The number of anilines is 3. The summed E-state index contributed by atoms with van der Waals surface area (Å²) >= 11 is 0. The largest absolute Gasteiger partial charge is 0.456 e. The van der Waals surface area contributed by atoms with Crippen molar-refractivity contribution in [3.63, 3.8) is 0 Å². The van der Waals surface area contributed by atoms with Crippen molar-refractivity contribution in [1.29, 1.82) is 0 Å². The van der Waals surface area contributed by atoms with Crippen LogP contribution in [-0.2, 0) is 0 Å². The molecule has 0 fully saturated rings.